The second kappa shape index (κ2) is 5.14. The first kappa shape index (κ1) is 13.8. The van der Waals surface area contributed by atoms with E-state index in [2.05, 4.69) is 4.98 Å². The van der Waals surface area contributed by atoms with E-state index in [9.17, 15) is 13.6 Å². The van der Waals surface area contributed by atoms with Gasteiger partial charge in [0.15, 0.2) is 5.69 Å². The lowest BCUT2D eigenvalue weighted by Gasteiger charge is -2.01. The SMILES string of the molecule is O=C(O)c1oc(-c2c(Cl)cccc2Cl)nc1C(F)F. The van der Waals surface area contributed by atoms with Crippen LogP contribution in [0.3, 0.4) is 0 Å². The van der Waals surface area contributed by atoms with Gasteiger partial charge in [-0.15, -0.1) is 0 Å². The van der Waals surface area contributed by atoms with Crippen LogP contribution >= 0.6 is 23.2 Å². The average Bonchev–Trinajstić information content (AvgIpc) is 2.73. The van der Waals surface area contributed by atoms with E-state index >= 15 is 0 Å². The lowest BCUT2D eigenvalue weighted by atomic mass is 10.2. The summed E-state index contributed by atoms with van der Waals surface area (Å²) in [5.41, 5.74) is -0.890. The fourth-order valence-corrected chi connectivity index (χ4v) is 2.00. The first-order valence-corrected chi connectivity index (χ1v) is 5.64. The maximum atomic E-state index is 12.7. The summed E-state index contributed by atoms with van der Waals surface area (Å²) < 4.78 is 30.2. The van der Waals surface area contributed by atoms with Crippen LogP contribution in [0.25, 0.3) is 11.5 Å². The average molecular weight is 308 g/mol. The molecular formula is C11H5Cl2F2NO3. The molecule has 0 saturated heterocycles. The van der Waals surface area contributed by atoms with Gasteiger partial charge < -0.3 is 9.52 Å². The summed E-state index contributed by atoms with van der Waals surface area (Å²) in [4.78, 5) is 14.3. The number of benzene rings is 1. The lowest BCUT2D eigenvalue weighted by molar-refractivity contribution is 0.0647. The number of halogens is 4. The van der Waals surface area contributed by atoms with Gasteiger partial charge in [0.1, 0.15) is 0 Å². The summed E-state index contributed by atoms with van der Waals surface area (Å²) >= 11 is 11.7. The molecule has 1 heterocycles. The molecule has 19 heavy (non-hydrogen) atoms. The van der Waals surface area contributed by atoms with Crippen molar-refractivity contribution in [1.82, 2.24) is 4.98 Å². The number of aromatic nitrogens is 1. The molecule has 0 spiro atoms. The van der Waals surface area contributed by atoms with E-state index in [1.54, 1.807) is 6.07 Å². The molecule has 4 nitrogen and oxygen atoms in total. The van der Waals surface area contributed by atoms with Crippen molar-refractivity contribution in [3.8, 4) is 11.5 Å². The number of carboxylic acid groups (broad SMARTS) is 1. The minimum Gasteiger partial charge on any atom is -0.475 e. The quantitative estimate of drug-likeness (QED) is 0.919. The van der Waals surface area contributed by atoms with Gasteiger partial charge in [0.2, 0.25) is 11.7 Å². The zero-order chi connectivity index (χ0) is 14.2. The summed E-state index contributed by atoms with van der Waals surface area (Å²) in [5.74, 6) is -2.93. The van der Waals surface area contributed by atoms with E-state index in [1.807, 2.05) is 0 Å². The molecule has 8 heteroatoms. The predicted octanol–water partition coefficient (Wildman–Crippen LogP) is 4.28. The molecule has 0 fully saturated rings. The number of rotatable bonds is 3. The Balaban J connectivity index is 2.64. The van der Waals surface area contributed by atoms with Gasteiger partial charge in [0, 0.05) is 0 Å². The van der Waals surface area contributed by atoms with Gasteiger partial charge in [-0.05, 0) is 12.1 Å². The minimum absolute atomic E-state index is 0.0697. The van der Waals surface area contributed by atoms with Crippen LogP contribution in [0.15, 0.2) is 22.6 Å². The number of aromatic carboxylic acids is 1. The molecule has 0 aliphatic rings. The van der Waals surface area contributed by atoms with Crippen LogP contribution in [0.5, 0.6) is 0 Å². The Morgan fingerprint density at radius 3 is 2.32 bits per heavy atom. The van der Waals surface area contributed by atoms with Gasteiger partial charge in [-0.25, -0.2) is 18.6 Å². The minimum atomic E-state index is -3.08. The number of alkyl halides is 2. The largest absolute Gasteiger partial charge is 0.475 e. The van der Waals surface area contributed by atoms with E-state index in [-0.39, 0.29) is 21.5 Å². The fraction of sp³-hybridized carbons (Fsp3) is 0.0909. The molecule has 0 radical (unpaired) electrons. The summed E-state index contributed by atoms with van der Waals surface area (Å²) in [7, 11) is 0. The van der Waals surface area contributed by atoms with Gasteiger partial charge in [-0.2, -0.15) is 0 Å². The van der Waals surface area contributed by atoms with Crippen molar-refractivity contribution < 1.29 is 23.1 Å². The van der Waals surface area contributed by atoms with Crippen LogP contribution in [0, 0.1) is 0 Å². The number of carbonyl (C=O) groups is 1. The first-order chi connectivity index (χ1) is 8.91. The maximum Gasteiger partial charge on any atom is 0.374 e. The zero-order valence-corrected chi connectivity index (χ0v) is 10.5. The van der Waals surface area contributed by atoms with Crippen molar-refractivity contribution in [3.05, 3.63) is 39.7 Å². The molecule has 100 valence electrons. The van der Waals surface area contributed by atoms with Crippen LogP contribution in [0.2, 0.25) is 10.0 Å². The van der Waals surface area contributed by atoms with Gasteiger partial charge in [0.25, 0.3) is 6.43 Å². The molecule has 2 rings (SSSR count). The molecule has 0 atom stereocenters. The highest BCUT2D eigenvalue weighted by Crippen LogP contribution is 2.36. The molecule has 1 N–H and O–H groups in total. The van der Waals surface area contributed by atoms with E-state index in [0.29, 0.717) is 0 Å². The van der Waals surface area contributed by atoms with Gasteiger partial charge in [-0.3, -0.25) is 0 Å². The number of carboxylic acids is 1. The highest BCUT2D eigenvalue weighted by Gasteiger charge is 2.28. The molecule has 2 aromatic rings. The van der Waals surface area contributed by atoms with E-state index in [0.717, 1.165) is 0 Å². The van der Waals surface area contributed by atoms with Crippen molar-refractivity contribution in [2.75, 3.05) is 0 Å². The third-order valence-electron chi connectivity index (χ3n) is 2.23. The Kier molecular flexibility index (Phi) is 3.73. The number of oxazole rings is 1. The maximum absolute atomic E-state index is 12.7. The van der Waals surface area contributed by atoms with Crippen LogP contribution in [-0.2, 0) is 0 Å². The highest BCUT2D eigenvalue weighted by atomic mass is 35.5. The predicted molar refractivity (Wildman–Crippen MR) is 63.9 cm³/mol. The Bertz CT molecular complexity index is 623. The Morgan fingerprint density at radius 2 is 1.89 bits per heavy atom. The molecule has 0 amide bonds. The summed E-state index contributed by atoms with van der Waals surface area (Å²) in [5, 5.41) is 9.01. The molecule has 0 saturated carbocycles. The van der Waals surface area contributed by atoms with E-state index in [4.69, 9.17) is 32.7 Å². The van der Waals surface area contributed by atoms with Crippen molar-refractivity contribution in [2.24, 2.45) is 0 Å². The molecule has 0 unspecified atom stereocenters. The zero-order valence-electron chi connectivity index (χ0n) is 9.03. The van der Waals surface area contributed by atoms with E-state index < -0.39 is 23.8 Å². The molecule has 0 aliphatic heterocycles. The molecule has 0 aliphatic carbocycles. The second-order valence-corrected chi connectivity index (χ2v) is 4.25. The Hall–Kier alpha value is -1.66. The van der Waals surface area contributed by atoms with Crippen molar-refractivity contribution in [3.63, 3.8) is 0 Å². The van der Waals surface area contributed by atoms with Crippen molar-refractivity contribution in [1.29, 1.82) is 0 Å². The number of hydrogen-bond donors (Lipinski definition) is 1. The van der Waals surface area contributed by atoms with Crippen molar-refractivity contribution >= 4 is 29.2 Å². The summed E-state index contributed by atoms with van der Waals surface area (Å²) in [6.45, 7) is 0. The monoisotopic (exact) mass is 307 g/mol. The highest BCUT2D eigenvalue weighted by molar-refractivity contribution is 6.38. The fourth-order valence-electron chi connectivity index (χ4n) is 1.44. The van der Waals surface area contributed by atoms with Gasteiger partial charge in [-0.1, -0.05) is 29.3 Å². The smallest absolute Gasteiger partial charge is 0.374 e. The van der Waals surface area contributed by atoms with Crippen LogP contribution < -0.4 is 0 Å². The third kappa shape index (κ3) is 2.54. The first-order valence-electron chi connectivity index (χ1n) is 4.88. The molecule has 1 aromatic heterocycles. The van der Waals surface area contributed by atoms with Gasteiger partial charge in [0.05, 0.1) is 15.6 Å². The summed E-state index contributed by atoms with van der Waals surface area (Å²) in [6.07, 6.45) is -3.08. The molecule has 0 bridgehead atoms. The number of hydrogen-bond acceptors (Lipinski definition) is 3. The summed E-state index contributed by atoms with van der Waals surface area (Å²) in [6, 6.07) is 4.45. The van der Waals surface area contributed by atoms with Gasteiger partial charge >= 0.3 is 5.97 Å². The van der Waals surface area contributed by atoms with Crippen LogP contribution in [-0.4, -0.2) is 16.1 Å². The van der Waals surface area contributed by atoms with Crippen LogP contribution in [0.4, 0.5) is 8.78 Å². The number of nitrogens with zero attached hydrogens (tertiary/aromatic N) is 1. The standard InChI is InChI=1S/C11H5Cl2F2NO3/c12-4-2-1-3-5(13)6(4)10-16-7(9(14)15)8(19-10)11(17)18/h1-3,9H,(H,17,18). The second-order valence-electron chi connectivity index (χ2n) is 3.44. The molecule has 1 aromatic carbocycles. The third-order valence-corrected chi connectivity index (χ3v) is 2.86. The normalized spacial score (nSPS) is 11.0. The Morgan fingerprint density at radius 1 is 1.32 bits per heavy atom. The topological polar surface area (TPSA) is 63.3 Å². The lowest BCUT2D eigenvalue weighted by Crippen LogP contribution is -1.99. The molecular weight excluding hydrogens is 303 g/mol. The van der Waals surface area contributed by atoms with Crippen molar-refractivity contribution in [2.45, 2.75) is 6.43 Å². The van der Waals surface area contributed by atoms with E-state index in [1.165, 1.54) is 12.1 Å². The van der Waals surface area contributed by atoms with Crippen LogP contribution in [0.1, 0.15) is 22.7 Å². The Labute approximate surface area is 115 Å².